The first kappa shape index (κ1) is 10.2. The van der Waals surface area contributed by atoms with E-state index in [1.807, 2.05) is 6.92 Å². The molecule has 0 bridgehead atoms. The van der Waals surface area contributed by atoms with E-state index in [0.29, 0.717) is 6.42 Å². The fourth-order valence-electron chi connectivity index (χ4n) is 1.23. The van der Waals surface area contributed by atoms with Gasteiger partial charge in [-0.15, -0.1) is 0 Å². The second-order valence-corrected chi connectivity index (χ2v) is 3.97. The van der Waals surface area contributed by atoms with Crippen LogP contribution < -0.4 is 5.73 Å². The number of hydrogen-bond acceptors (Lipinski definition) is 2. The Hall–Kier alpha value is -0.860. The van der Waals surface area contributed by atoms with Gasteiger partial charge in [0.05, 0.1) is 6.61 Å². The topological polar surface area (TPSA) is 46.2 Å². The number of benzene rings is 1. The molecule has 0 spiro atoms. The molecule has 0 fully saturated rings. The Labute approximate surface area is 79.4 Å². The summed E-state index contributed by atoms with van der Waals surface area (Å²) < 4.78 is 0. The summed E-state index contributed by atoms with van der Waals surface area (Å²) >= 11 is 0. The maximum Gasteiger partial charge on any atom is 0.0611 e. The SMILES string of the molecule is Cc1ccc(CC(C)(N)CO)cc1. The minimum absolute atomic E-state index is 0.0148. The molecule has 3 N–H and O–H groups in total. The van der Waals surface area contributed by atoms with Crippen molar-refractivity contribution in [3.05, 3.63) is 35.4 Å². The van der Waals surface area contributed by atoms with Gasteiger partial charge >= 0.3 is 0 Å². The van der Waals surface area contributed by atoms with E-state index < -0.39 is 5.54 Å². The summed E-state index contributed by atoms with van der Waals surface area (Å²) in [6.45, 7) is 3.92. The summed E-state index contributed by atoms with van der Waals surface area (Å²) in [6, 6.07) is 8.22. The first-order chi connectivity index (χ1) is 6.03. The molecule has 0 aliphatic carbocycles. The number of aliphatic hydroxyl groups is 1. The monoisotopic (exact) mass is 179 g/mol. The molecule has 1 unspecified atom stereocenters. The summed E-state index contributed by atoms with van der Waals surface area (Å²) in [5.74, 6) is 0. The van der Waals surface area contributed by atoms with Crippen LogP contribution in [0.15, 0.2) is 24.3 Å². The minimum atomic E-state index is -0.505. The predicted octanol–water partition coefficient (Wildman–Crippen LogP) is 1.25. The van der Waals surface area contributed by atoms with Crippen molar-refractivity contribution < 1.29 is 5.11 Å². The zero-order valence-corrected chi connectivity index (χ0v) is 8.25. The molecule has 0 saturated carbocycles. The van der Waals surface area contributed by atoms with Crippen LogP contribution in [0, 0.1) is 6.92 Å². The van der Waals surface area contributed by atoms with E-state index in [2.05, 4.69) is 31.2 Å². The van der Waals surface area contributed by atoms with Gasteiger partial charge in [0.2, 0.25) is 0 Å². The maximum absolute atomic E-state index is 8.98. The van der Waals surface area contributed by atoms with Gasteiger partial charge in [0.15, 0.2) is 0 Å². The van der Waals surface area contributed by atoms with Crippen LogP contribution in [0.3, 0.4) is 0 Å². The molecule has 1 atom stereocenters. The summed E-state index contributed by atoms with van der Waals surface area (Å²) in [4.78, 5) is 0. The van der Waals surface area contributed by atoms with E-state index in [9.17, 15) is 0 Å². The van der Waals surface area contributed by atoms with Gasteiger partial charge in [0.25, 0.3) is 0 Å². The maximum atomic E-state index is 8.98. The van der Waals surface area contributed by atoms with Gasteiger partial charge in [-0.3, -0.25) is 0 Å². The standard InChI is InChI=1S/C11H17NO/c1-9-3-5-10(6-4-9)7-11(2,12)8-13/h3-6,13H,7-8,12H2,1-2H3. The van der Waals surface area contributed by atoms with Crippen LogP contribution in [0.25, 0.3) is 0 Å². The normalized spacial score (nSPS) is 15.4. The van der Waals surface area contributed by atoms with Gasteiger partial charge in [-0.05, 0) is 25.8 Å². The second kappa shape index (κ2) is 3.90. The lowest BCUT2D eigenvalue weighted by molar-refractivity contribution is 0.208. The van der Waals surface area contributed by atoms with E-state index in [0.717, 1.165) is 0 Å². The number of hydrogen-bond donors (Lipinski definition) is 2. The average molecular weight is 179 g/mol. The molecule has 2 heteroatoms. The smallest absolute Gasteiger partial charge is 0.0611 e. The van der Waals surface area contributed by atoms with Crippen LogP contribution in [-0.4, -0.2) is 17.3 Å². The Morgan fingerprint density at radius 1 is 1.31 bits per heavy atom. The van der Waals surface area contributed by atoms with E-state index in [-0.39, 0.29) is 6.61 Å². The lowest BCUT2D eigenvalue weighted by Gasteiger charge is -2.21. The van der Waals surface area contributed by atoms with Crippen molar-refractivity contribution in [1.82, 2.24) is 0 Å². The van der Waals surface area contributed by atoms with E-state index >= 15 is 0 Å². The van der Waals surface area contributed by atoms with Crippen LogP contribution in [0.5, 0.6) is 0 Å². The van der Waals surface area contributed by atoms with Crippen molar-refractivity contribution >= 4 is 0 Å². The lowest BCUT2D eigenvalue weighted by Crippen LogP contribution is -2.42. The molecule has 0 heterocycles. The first-order valence-corrected chi connectivity index (χ1v) is 4.49. The molecular formula is C11H17NO. The van der Waals surface area contributed by atoms with E-state index in [4.69, 9.17) is 10.8 Å². The Bertz CT molecular complexity index is 264. The van der Waals surface area contributed by atoms with Gasteiger partial charge in [-0.25, -0.2) is 0 Å². The van der Waals surface area contributed by atoms with Crippen molar-refractivity contribution in [2.75, 3.05) is 6.61 Å². The van der Waals surface area contributed by atoms with Crippen molar-refractivity contribution in [2.45, 2.75) is 25.8 Å². The molecule has 1 aromatic rings. The molecule has 0 amide bonds. The highest BCUT2D eigenvalue weighted by molar-refractivity contribution is 5.22. The quantitative estimate of drug-likeness (QED) is 0.733. The summed E-state index contributed by atoms with van der Waals surface area (Å²) in [5, 5.41) is 8.98. The number of aryl methyl sites for hydroxylation is 1. The molecule has 0 aliphatic rings. The molecule has 1 aromatic carbocycles. The molecule has 0 radical (unpaired) electrons. The molecule has 13 heavy (non-hydrogen) atoms. The molecule has 0 aliphatic heterocycles. The third-order valence-electron chi connectivity index (χ3n) is 2.09. The van der Waals surface area contributed by atoms with Crippen molar-refractivity contribution in [1.29, 1.82) is 0 Å². The van der Waals surface area contributed by atoms with Crippen molar-refractivity contribution in [3.63, 3.8) is 0 Å². The zero-order chi connectivity index (χ0) is 9.90. The largest absolute Gasteiger partial charge is 0.394 e. The summed E-state index contributed by atoms with van der Waals surface area (Å²) in [6.07, 6.45) is 0.712. The summed E-state index contributed by atoms with van der Waals surface area (Å²) in [5.41, 5.74) is 7.74. The zero-order valence-electron chi connectivity index (χ0n) is 8.25. The van der Waals surface area contributed by atoms with Gasteiger partial charge in [0.1, 0.15) is 0 Å². The number of rotatable bonds is 3. The molecule has 2 nitrogen and oxygen atoms in total. The summed E-state index contributed by atoms with van der Waals surface area (Å²) in [7, 11) is 0. The van der Waals surface area contributed by atoms with Crippen molar-refractivity contribution in [2.24, 2.45) is 5.73 Å². The van der Waals surface area contributed by atoms with Gasteiger partial charge in [0, 0.05) is 5.54 Å². The van der Waals surface area contributed by atoms with Crippen LogP contribution in [0.2, 0.25) is 0 Å². The van der Waals surface area contributed by atoms with Crippen LogP contribution in [0.1, 0.15) is 18.1 Å². The van der Waals surface area contributed by atoms with Gasteiger partial charge in [-0.1, -0.05) is 29.8 Å². The Kier molecular flexibility index (Phi) is 3.07. The molecular weight excluding hydrogens is 162 g/mol. The number of aliphatic hydroxyl groups excluding tert-OH is 1. The lowest BCUT2D eigenvalue weighted by atomic mass is 9.94. The Morgan fingerprint density at radius 2 is 1.85 bits per heavy atom. The van der Waals surface area contributed by atoms with Crippen LogP contribution >= 0.6 is 0 Å². The van der Waals surface area contributed by atoms with E-state index in [1.165, 1.54) is 11.1 Å². The molecule has 72 valence electrons. The minimum Gasteiger partial charge on any atom is -0.394 e. The highest BCUT2D eigenvalue weighted by atomic mass is 16.3. The van der Waals surface area contributed by atoms with Gasteiger partial charge in [-0.2, -0.15) is 0 Å². The fourth-order valence-corrected chi connectivity index (χ4v) is 1.23. The Morgan fingerprint density at radius 3 is 2.31 bits per heavy atom. The highest BCUT2D eigenvalue weighted by Crippen LogP contribution is 2.10. The average Bonchev–Trinajstić information content (AvgIpc) is 2.09. The second-order valence-electron chi connectivity index (χ2n) is 3.97. The van der Waals surface area contributed by atoms with Crippen LogP contribution in [-0.2, 0) is 6.42 Å². The molecule has 1 rings (SSSR count). The predicted molar refractivity (Wildman–Crippen MR) is 54.6 cm³/mol. The molecule has 0 saturated heterocycles. The highest BCUT2D eigenvalue weighted by Gasteiger charge is 2.16. The molecule has 0 aromatic heterocycles. The van der Waals surface area contributed by atoms with E-state index in [1.54, 1.807) is 0 Å². The third-order valence-corrected chi connectivity index (χ3v) is 2.09. The first-order valence-electron chi connectivity index (χ1n) is 4.49. The Balaban J connectivity index is 2.69. The van der Waals surface area contributed by atoms with Crippen molar-refractivity contribution in [3.8, 4) is 0 Å². The fraction of sp³-hybridized carbons (Fsp3) is 0.455. The van der Waals surface area contributed by atoms with Gasteiger partial charge < -0.3 is 10.8 Å². The number of nitrogens with two attached hydrogens (primary N) is 1. The van der Waals surface area contributed by atoms with Crippen LogP contribution in [0.4, 0.5) is 0 Å². The third kappa shape index (κ3) is 3.17.